The Morgan fingerprint density at radius 1 is 1.10 bits per heavy atom. The molecular weight excluding hydrogens is 484 g/mol. The standard InChI is InChI=1S/C22H22BrClN4OS/c23-18-6-4-17(5-7-18)20-15-30-22(25-20)26-21(29)14-28-10-8-27(9-11-28)13-16-2-1-3-19(24)12-16/h1-7,12,15H,8-11,13-14H2,(H,25,26,29). The van der Waals surface area contributed by atoms with Gasteiger partial charge in [-0.3, -0.25) is 14.6 Å². The molecule has 0 spiro atoms. The molecule has 0 saturated carbocycles. The molecule has 1 amide bonds. The fourth-order valence-corrected chi connectivity index (χ4v) is 4.66. The summed E-state index contributed by atoms with van der Waals surface area (Å²) in [5.41, 5.74) is 3.13. The number of carbonyl (C=O) groups excluding carboxylic acids is 1. The first-order valence-corrected chi connectivity index (χ1v) is 11.8. The van der Waals surface area contributed by atoms with Crippen molar-refractivity contribution in [1.82, 2.24) is 14.8 Å². The number of aromatic nitrogens is 1. The van der Waals surface area contributed by atoms with Crippen molar-refractivity contribution in [2.75, 3.05) is 38.0 Å². The van der Waals surface area contributed by atoms with Crippen LogP contribution in [0.4, 0.5) is 5.13 Å². The van der Waals surface area contributed by atoms with Gasteiger partial charge in [-0.25, -0.2) is 4.98 Å². The molecule has 0 bridgehead atoms. The van der Waals surface area contributed by atoms with E-state index in [0.29, 0.717) is 11.7 Å². The number of nitrogens with one attached hydrogen (secondary N) is 1. The number of rotatable bonds is 6. The molecule has 2 aromatic carbocycles. The number of benzene rings is 2. The molecule has 156 valence electrons. The van der Waals surface area contributed by atoms with Crippen LogP contribution in [-0.2, 0) is 11.3 Å². The summed E-state index contributed by atoms with van der Waals surface area (Å²) >= 11 is 11.0. The number of anilines is 1. The van der Waals surface area contributed by atoms with Crippen molar-refractivity contribution >= 4 is 49.9 Å². The fraction of sp³-hybridized carbons (Fsp3) is 0.273. The summed E-state index contributed by atoms with van der Waals surface area (Å²) in [5, 5.41) is 6.31. The van der Waals surface area contributed by atoms with E-state index in [1.54, 1.807) is 0 Å². The first-order valence-electron chi connectivity index (χ1n) is 9.76. The SMILES string of the molecule is O=C(CN1CCN(Cc2cccc(Cl)c2)CC1)Nc1nc(-c2ccc(Br)cc2)cs1. The quantitative estimate of drug-likeness (QED) is 0.513. The number of thiazole rings is 1. The van der Waals surface area contributed by atoms with Crippen LogP contribution in [0.25, 0.3) is 11.3 Å². The molecule has 8 heteroatoms. The van der Waals surface area contributed by atoms with Gasteiger partial charge < -0.3 is 5.32 Å². The van der Waals surface area contributed by atoms with E-state index in [9.17, 15) is 4.79 Å². The summed E-state index contributed by atoms with van der Waals surface area (Å²) in [6.45, 7) is 4.89. The summed E-state index contributed by atoms with van der Waals surface area (Å²) in [7, 11) is 0. The average Bonchev–Trinajstić information content (AvgIpc) is 3.18. The first kappa shape index (κ1) is 21.5. The molecule has 30 heavy (non-hydrogen) atoms. The monoisotopic (exact) mass is 504 g/mol. The maximum Gasteiger partial charge on any atom is 0.240 e. The van der Waals surface area contributed by atoms with E-state index >= 15 is 0 Å². The second kappa shape index (κ2) is 10.0. The number of hydrogen-bond acceptors (Lipinski definition) is 5. The van der Waals surface area contributed by atoms with E-state index in [-0.39, 0.29) is 5.91 Å². The van der Waals surface area contributed by atoms with Gasteiger partial charge in [0, 0.05) is 53.2 Å². The van der Waals surface area contributed by atoms with E-state index in [4.69, 9.17) is 11.6 Å². The van der Waals surface area contributed by atoms with Crippen LogP contribution < -0.4 is 5.32 Å². The molecule has 4 rings (SSSR count). The van der Waals surface area contributed by atoms with Crippen LogP contribution in [0.15, 0.2) is 58.4 Å². The second-order valence-corrected chi connectivity index (χ2v) is 9.49. The Hall–Kier alpha value is -1.77. The minimum Gasteiger partial charge on any atom is -0.301 e. The van der Waals surface area contributed by atoms with Gasteiger partial charge in [0.25, 0.3) is 0 Å². The molecule has 1 aliphatic heterocycles. The molecule has 0 unspecified atom stereocenters. The normalized spacial score (nSPS) is 15.3. The zero-order valence-corrected chi connectivity index (χ0v) is 19.5. The Morgan fingerprint density at radius 3 is 2.57 bits per heavy atom. The van der Waals surface area contributed by atoms with Crippen molar-refractivity contribution in [2.24, 2.45) is 0 Å². The zero-order valence-electron chi connectivity index (χ0n) is 16.4. The van der Waals surface area contributed by atoms with Crippen LogP contribution >= 0.6 is 38.9 Å². The van der Waals surface area contributed by atoms with E-state index in [2.05, 4.69) is 42.1 Å². The second-order valence-electron chi connectivity index (χ2n) is 7.28. The van der Waals surface area contributed by atoms with Crippen molar-refractivity contribution in [3.63, 3.8) is 0 Å². The predicted octanol–water partition coefficient (Wildman–Crippen LogP) is 4.98. The molecule has 1 aromatic heterocycles. The Balaban J connectivity index is 1.24. The predicted molar refractivity (Wildman–Crippen MR) is 127 cm³/mol. The van der Waals surface area contributed by atoms with Crippen LogP contribution in [0, 0.1) is 0 Å². The summed E-state index contributed by atoms with van der Waals surface area (Å²) in [6, 6.07) is 16.0. The van der Waals surface area contributed by atoms with Gasteiger partial charge in [0.05, 0.1) is 12.2 Å². The van der Waals surface area contributed by atoms with Crippen LogP contribution in [0.2, 0.25) is 5.02 Å². The highest BCUT2D eigenvalue weighted by atomic mass is 79.9. The van der Waals surface area contributed by atoms with E-state index < -0.39 is 0 Å². The maximum absolute atomic E-state index is 12.5. The lowest BCUT2D eigenvalue weighted by Gasteiger charge is -2.34. The van der Waals surface area contributed by atoms with Gasteiger partial charge in [-0.2, -0.15) is 0 Å². The van der Waals surface area contributed by atoms with Gasteiger partial charge in [0.1, 0.15) is 0 Å². The summed E-state index contributed by atoms with van der Waals surface area (Å²) < 4.78 is 1.03. The maximum atomic E-state index is 12.5. The van der Waals surface area contributed by atoms with Crippen LogP contribution in [0.3, 0.4) is 0 Å². The number of hydrogen-bond donors (Lipinski definition) is 1. The highest BCUT2D eigenvalue weighted by molar-refractivity contribution is 9.10. The van der Waals surface area contributed by atoms with Crippen LogP contribution in [0.5, 0.6) is 0 Å². The molecule has 0 radical (unpaired) electrons. The van der Waals surface area contributed by atoms with Crippen LogP contribution in [0.1, 0.15) is 5.56 Å². The third-order valence-corrected chi connectivity index (χ3v) is 6.54. The molecule has 0 aliphatic carbocycles. The van der Waals surface area contributed by atoms with Crippen molar-refractivity contribution in [3.8, 4) is 11.3 Å². The number of amides is 1. The lowest BCUT2D eigenvalue weighted by Crippen LogP contribution is -2.48. The van der Waals surface area contributed by atoms with Gasteiger partial charge in [-0.05, 0) is 29.8 Å². The minimum atomic E-state index is -0.0185. The number of piperazine rings is 1. The third-order valence-electron chi connectivity index (χ3n) is 5.02. The van der Waals surface area contributed by atoms with Crippen LogP contribution in [-0.4, -0.2) is 53.4 Å². The Kier molecular flexibility index (Phi) is 7.17. The van der Waals surface area contributed by atoms with Crippen molar-refractivity contribution in [1.29, 1.82) is 0 Å². The average molecular weight is 506 g/mol. The largest absolute Gasteiger partial charge is 0.301 e. The van der Waals surface area contributed by atoms with Gasteiger partial charge in [0.15, 0.2) is 5.13 Å². The van der Waals surface area contributed by atoms with Gasteiger partial charge >= 0.3 is 0 Å². The third kappa shape index (κ3) is 5.89. The van der Waals surface area contributed by atoms with E-state index in [0.717, 1.165) is 53.5 Å². The molecule has 1 aliphatic rings. The first-order chi connectivity index (χ1) is 14.5. The summed E-state index contributed by atoms with van der Waals surface area (Å²) in [4.78, 5) is 21.6. The molecule has 1 fully saturated rings. The minimum absolute atomic E-state index is 0.0185. The summed E-state index contributed by atoms with van der Waals surface area (Å²) in [6.07, 6.45) is 0. The Morgan fingerprint density at radius 2 is 1.83 bits per heavy atom. The highest BCUT2D eigenvalue weighted by Crippen LogP contribution is 2.26. The van der Waals surface area contributed by atoms with Crippen molar-refractivity contribution in [3.05, 3.63) is 69.0 Å². The molecule has 1 N–H and O–H groups in total. The topological polar surface area (TPSA) is 48.5 Å². The lowest BCUT2D eigenvalue weighted by molar-refractivity contribution is -0.117. The van der Waals surface area contributed by atoms with Gasteiger partial charge in [0.2, 0.25) is 5.91 Å². The summed E-state index contributed by atoms with van der Waals surface area (Å²) in [5.74, 6) is -0.0185. The number of carbonyl (C=O) groups is 1. The van der Waals surface area contributed by atoms with Crippen molar-refractivity contribution in [2.45, 2.75) is 6.54 Å². The van der Waals surface area contributed by atoms with E-state index in [1.807, 2.05) is 47.8 Å². The van der Waals surface area contributed by atoms with Crippen molar-refractivity contribution < 1.29 is 4.79 Å². The highest BCUT2D eigenvalue weighted by Gasteiger charge is 2.19. The smallest absolute Gasteiger partial charge is 0.240 e. The number of halogens is 2. The molecular formula is C22H22BrClN4OS. The molecule has 1 saturated heterocycles. The van der Waals surface area contributed by atoms with Gasteiger partial charge in [-0.1, -0.05) is 51.8 Å². The molecule has 0 atom stereocenters. The molecule has 2 heterocycles. The van der Waals surface area contributed by atoms with E-state index in [1.165, 1.54) is 16.9 Å². The lowest BCUT2D eigenvalue weighted by atomic mass is 10.2. The number of nitrogens with zero attached hydrogens (tertiary/aromatic N) is 3. The Labute approximate surface area is 193 Å². The molecule has 5 nitrogen and oxygen atoms in total. The fourth-order valence-electron chi connectivity index (χ4n) is 3.45. The van der Waals surface area contributed by atoms with Gasteiger partial charge in [-0.15, -0.1) is 11.3 Å². The molecule has 3 aromatic rings. The Bertz CT molecular complexity index is 1000. The zero-order chi connectivity index (χ0) is 20.9.